The molecule has 2 heterocycles. The van der Waals surface area contributed by atoms with E-state index >= 15 is 0 Å². The summed E-state index contributed by atoms with van der Waals surface area (Å²) in [6.45, 7) is 0.588. The molecular weight excluding hydrogens is 464 g/mol. The van der Waals surface area contributed by atoms with Gasteiger partial charge in [-0.3, -0.25) is 19.4 Å². The average Bonchev–Trinajstić information content (AvgIpc) is 3.32. The number of nitrogens with one attached hydrogen (secondary N) is 1. The van der Waals surface area contributed by atoms with Crippen molar-refractivity contribution in [1.82, 2.24) is 15.2 Å². The number of nitrogens with zero attached hydrogens (tertiary/aromatic N) is 3. The van der Waals surface area contributed by atoms with Crippen LogP contribution in [-0.2, 0) is 16.1 Å². The van der Waals surface area contributed by atoms with Crippen LogP contribution in [0.4, 0.5) is 15.6 Å². The van der Waals surface area contributed by atoms with Crippen LogP contribution in [-0.4, -0.2) is 46.4 Å². The minimum absolute atomic E-state index is 0.144. The van der Waals surface area contributed by atoms with E-state index < -0.39 is 12.1 Å². The van der Waals surface area contributed by atoms with Crippen LogP contribution in [0.25, 0.3) is 0 Å². The number of ether oxygens (including phenoxy) is 1. The van der Waals surface area contributed by atoms with E-state index in [-0.39, 0.29) is 24.5 Å². The second kappa shape index (κ2) is 10.3. The first-order valence-corrected chi connectivity index (χ1v) is 12.6. The lowest BCUT2D eigenvalue weighted by Gasteiger charge is -2.28. The number of carbonyl (C=O) groups is 3. The van der Waals surface area contributed by atoms with Gasteiger partial charge in [0.15, 0.2) is 5.13 Å². The van der Waals surface area contributed by atoms with Gasteiger partial charge in [0.05, 0.1) is 5.69 Å². The highest BCUT2D eigenvalue weighted by molar-refractivity contribution is 7.13. The summed E-state index contributed by atoms with van der Waals surface area (Å²) in [6.07, 6.45) is 4.33. The number of amides is 3. The maximum absolute atomic E-state index is 13.8. The van der Waals surface area contributed by atoms with E-state index in [2.05, 4.69) is 10.3 Å². The number of carbonyl (C=O) groups excluding carboxylic acids is 3. The molecule has 1 atom stereocenters. The fraction of sp³-hybridized carbons (Fsp3) is 0.308. The van der Waals surface area contributed by atoms with E-state index in [1.807, 2.05) is 30.3 Å². The molecule has 35 heavy (non-hydrogen) atoms. The second-order valence-corrected chi connectivity index (χ2v) is 9.55. The number of likely N-dealkylation sites (tertiary alicyclic amines) is 1. The molecule has 1 saturated carbocycles. The van der Waals surface area contributed by atoms with Crippen LogP contribution in [0.15, 0.2) is 66.2 Å². The van der Waals surface area contributed by atoms with Crippen molar-refractivity contribution in [3.05, 3.63) is 77.3 Å². The van der Waals surface area contributed by atoms with Gasteiger partial charge in [-0.05, 0) is 49.4 Å². The first-order valence-electron chi connectivity index (χ1n) is 11.7. The molecule has 1 aliphatic carbocycles. The van der Waals surface area contributed by atoms with Crippen LogP contribution in [0.3, 0.4) is 0 Å². The van der Waals surface area contributed by atoms with E-state index in [0.717, 1.165) is 18.4 Å². The number of thiazole rings is 1. The van der Waals surface area contributed by atoms with E-state index in [4.69, 9.17) is 4.74 Å². The van der Waals surface area contributed by atoms with Gasteiger partial charge in [0.1, 0.15) is 12.6 Å². The third kappa shape index (κ3) is 5.35. The molecule has 2 fully saturated rings. The minimum Gasteiger partial charge on any atom is -0.445 e. The highest BCUT2D eigenvalue weighted by Gasteiger charge is 2.39. The van der Waals surface area contributed by atoms with Crippen molar-refractivity contribution in [3.63, 3.8) is 0 Å². The lowest BCUT2D eigenvalue weighted by molar-refractivity contribution is -0.121. The zero-order chi connectivity index (χ0) is 24.2. The Morgan fingerprint density at radius 1 is 1.09 bits per heavy atom. The first-order chi connectivity index (χ1) is 17.1. The standard InChI is InChI=1S/C26H26N4O4S/c31-23(28-20-11-12-20)19-8-4-9-21(16-19)30(25-27-13-15-35-25)24(32)22-10-5-14-29(22)26(33)34-17-18-6-2-1-3-7-18/h1-4,6-9,13,15-16,20,22H,5,10-12,14,17H2,(H,28,31). The van der Waals surface area contributed by atoms with Crippen LogP contribution in [0.1, 0.15) is 41.6 Å². The summed E-state index contributed by atoms with van der Waals surface area (Å²) in [6, 6.07) is 16.0. The molecule has 1 unspecified atom stereocenters. The van der Waals surface area contributed by atoms with Crippen molar-refractivity contribution >= 4 is 40.1 Å². The molecule has 2 aromatic carbocycles. The van der Waals surface area contributed by atoms with Gasteiger partial charge in [0.2, 0.25) is 0 Å². The zero-order valence-corrected chi connectivity index (χ0v) is 19.9. The molecule has 1 saturated heterocycles. The van der Waals surface area contributed by atoms with Crippen molar-refractivity contribution in [3.8, 4) is 0 Å². The Hall–Kier alpha value is -3.72. The van der Waals surface area contributed by atoms with Crippen molar-refractivity contribution in [2.24, 2.45) is 0 Å². The monoisotopic (exact) mass is 490 g/mol. The van der Waals surface area contributed by atoms with Gasteiger partial charge in [-0.15, -0.1) is 11.3 Å². The molecule has 0 bridgehead atoms. The van der Waals surface area contributed by atoms with Crippen molar-refractivity contribution in [1.29, 1.82) is 0 Å². The summed E-state index contributed by atoms with van der Waals surface area (Å²) in [5.41, 5.74) is 1.90. The summed E-state index contributed by atoms with van der Waals surface area (Å²) in [4.78, 5) is 46.7. The van der Waals surface area contributed by atoms with Crippen LogP contribution < -0.4 is 10.2 Å². The van der Waals surface area contributed by atoms with E-state index in [1.54, 1.807) is 35.8 Å². The number of hydrogen-bond donors (Lipinski definition) is 1. The second-order valence-electron chi connectivity index (χ2n) is 8.68. The van der Waals surface area contributed by atoms with E-state index in [0.29, 0.717) is 35.8 Å². The largest absolute Gasteiger partial charge is 0.445 e. The highest BCUT2D eigenvalue weighted by Crippen LogP contribution is 2.32. The molecule has 2 aliphatic rings. The number of hydrogen-bond acceptors (Lipinski definition) is 6. The Kier molecular flexibility index (Phi) is 6.76. The molecule has 1 aliphatic heterocycles. The molecule has 3 amide bonds. The lowest BCUT2D eigenvalue weighted by Crippen LogP contribution is -2.46. The quantitative estimate of drug-likeness (QED) is 0.527. The summed E-state index contributed by atoms with van der Waals surface area (Å²) in [5.74, 6) is -0.429. The van der Waals surface area contributed by atoms with Crippen LogP contribution in [0.5, 0.6) is 0 Å². The van der Waals surface area contributed by atoms with Crippen molar-refractivity contribution < 1.29 is 19.1 Å². The van der Waals surface area contributed by atoms with Gasteiger partial charge in [0, 0.05) is 29.7 Å². The predicted molar refractivity (Wildman–Crippen MR) is 133 cm³/mol. The number of aromatic nitrogens is 1. The first kappa shape index (κ1) is 23.0. The smallest absolute Gasteiger partial charge is 0.410 e. The van der Waals surface area contributed by atoms with Crippen molar-refractivity contribution in [2.75, 3.05) is 11.4 Å². The van der Waals surface area contributed by atoms with Gasteiger partial charge < -0.3 is 10.1 Å². The molecule has 1 aromatic heterocycles. The minimum atomic E-state index is -0.675. The Labute approximate surface area is 207 Å². The van der Waals surface area contributed by atoms with E-state index in [1.165, 1.54) is 21.1 Å². The normalized spacial score (nSPS) is 17.1. The maximum atomic E-state index is 13.8. The molecule has 0 spiro atoms. The van der Waals surface area contributed by atoms with Gasteiger partial charge in [-0.2, -0.15) is 0 Å². The molecule has 3 aromatic rings. The third-order valence-corrected chi connectivity index (χ3v) is 6.84. The molecular formula is C26H26N4O4S. The molecule has 5 rings (SSSR count). The van der Waals surface area contributed by atoms with Crippen LogP contribution in [0.2, 0.25) is 0 Å². The molecule has 8 nitrogen and oxygen atoms in total. The van der Waals surface area contributed by atoms with E-state index in [9.17, 15) is 14.4 Å². The van der Waals surface area contributed by atoms with Gasteiger partial charge >= 0.3 is 6.09 Å². The fourth-order valence-corrected chi connectivity index (χ4v) is 4.80. The zero-order valence-electron chi connectivity index (χ0n) is 19.1. The summed E-state index contributed by atoms with van der Waals surface area (Å²) in [7, 11) is 0. The van der Waals surface area contributed by atoms with Gasteiger partial charge in [0.25, 0.3) is 11.8 Å². The molecule has 1 N–H and O–H groups in total. The van der Waals surface area contributed by atoms with Gasteiger partial charge in [-0.25, -0.2) is 9.78 Å². The van der Waals surface area contributed by atoms with Crippen LogP contribution in [0, 0.1) is 0 Å². The molecule has 180 valence electrons. The summed E-state index contributed by atoms with van der Waals surface area (Å²) in [5, 5.41) is 5.26. The van der Waals surface area contributed by atoms with Crippen molar-refractivity contribution in [2.45, 2.75) is 44.4 Å². The number of anilines is 2. The Morgan fingerprint density at radius 3 is 2.66 bits per heavy atom. The van der Waals surface area contributed by atoms with Crippen LogP contribution >= 0.6 is 11.3 Å². The lowest BCUT2D eigenvalue weighted by atomic mass is 10.1. The predicted octanol–water partition coefficient (Wildman–Crippen LogP) is 4.50. The summed E-state index contributed by atoms with van der Waals surface area (Å²) >= 11 is 1.32. The Morgan fingerprint density at radius 2 is 1.91 bits per heavy atom. The molecule has 0 radical (unpaired) electrons. The Bertz CT molecular complexity index is 1200. The maximum Gasteiger partial charge on any atom is 0.410 e. The molecule has 9 heteroatoms. The fourth-order valence-electron chi connectivity index (χ4n) is 4.13. The summed E-state index contributed by atoms with van der Waals surface area (Å²) < 4.78 is 5.51. The SMILES string of the molecule is O=C(NC1CC1)c1cccc(N(C(=O)C2CCCN2C(=O)OCc2ccccc2)c2nccs2)c1. The van der Waals surface area contributed by atoms with Gasteiger partial charge in [-0.1, -0.05) is 36.4 Å². The highest BCUT2D eigenvalue weighted by atomic mass is 32.1. The Balaban J connectivity index is 1.36. The number of benzene rings is 2. The third-order valence-electron chi connectivity index (χ3n) is 6.09. The topological polar surface area (TPSA) is 91.8 Å². The number of rotatable bonds is 7. The average molecular weight is 491 g/mol.